The Bertz CT molecular complexity index is 747. The summed E-state index contributed by atoms with van der Waals surface area (Å²) in [7, 11) is -3.77. The van der Waals surface area contributed by atoms with Crippen LogP contribution < -0.4 is 5.32 Å². The summed E-state index contributed by atoms with van der Waals surface area (Å²) in [5.74, 6) is -1.16. The fourth-order valence-electron chi connectivity index (χ4n) is 3.93. The lowest BCUT2D eigenvalue weighted by molar-refractivity contribution is -0.193. The summed E-state index contributed by atoms with van der Waals surface area (Å²) in [4.78, 5) is 23.7. The van der Waals surface area contributed by atoms with E-state index >= 15 is 0 Å². The summed E-state index contributed by atoms with van der Waals surface area (Å²) >= 11 is 0. The smallest absolute Gasteiger partial charge is 0.326 e. The molecule has 9 heteroatoms. The molecule has 2 bridgehead atoms. The van der Waals surface area contributed by atoms with E-state index in [0.717, 1.165) is 0 Å². The van der Waals surface area contributed by atoms with Gasteiger partial charge in [0.25, 0.3) is 10.1 Å². The van der Waals surface area contributed by atoms with Gasteiger partial charge in [-0.3, -0.25) is 13.8 Å². The van der Waals surface area contributed by atoms with Crippen LogP contribution in [0.25, 0.3) is 0 Å². The van der Waals surface area contributed by atoms with E-state index in [9.17, 15) is 18.0 Å². The predicted octanol–water partition coefficient (Wildman–Crippen LogP) is 0.0291. The third-order valence-corrected chi connectivity index (χ3v) is 7.31. The van der Waals surface area contributed by atoms with E-state index in [1.165, 1.54) is 6.92 Å². The average molecular weight is 359 g/mol. The molecule has 3 heterocycles. The van der Waals surface area contributed by atoms with Gasteiger partial charge in [-0.25, -0.2) is 0 Å². The number of rotatable bonds is 4. The summed E-state index contributed by atoms with van der Waals surface area (Å²) in [5, 5.41) is 1.64. The van der Waals surface area contributed by atoms with Crippen LogP contribution in [0.2, 0.25) is 0 Å². The quantitative estimate of drug-likeness (QED) is 0.428. The molecule has 0 aliphatic carbocycles. The summed E-state index contributed by atoms with van der Waals surface area (Å²) in [6, 6.07) is 0. The van der Waals surface area contributed by atoms with Gasteiger partial charge in [-0.15, -0.1) is 0 Å². The lowest BCUT2D eigenvalue weighted by atomic mass is 9.67. The molecule has 3 aliphatic rings. The molecular formula is C15H21NO7S. The van der Waals surface area contributed by atoms with Crippen molar-refractivity contribution in [3.8, 4) is 0 Å². The first-order chi connectivity index (χ1) is 10.9. The Morgan fingerprint density at radius 3 is 2.54 bits per heavy atom. The maximum absolute atomic E-state index is 12.2. The normalized spacial score (nSPS) is 44.3. The first kappa shape index (κ1) is 17.4. The van der Waals surface area contributed by atoms with Gasteiger partial charge in [-0.2, -0.15) is 8.42 Å². The van der Waals surface area contributed by atoms with E-state index in [1.807, 2.05) is 0 Å². The number of nitrogens with one attached hydrogen (secondary N) is 1. The van der Waals surface area contributed by atoms with Gasteiger partial charge in [0, 0.05) is 12.0 Å². The van der Waals surface area contributed by atoms with E-state index in [1.54, 1.807) is 20.8 Å². The molecule has 8 nitrogen and oxygen atoms in total. The number of hydrogen-bond acceptors (Lipinski definition) is 7. The Morgan fingerprint density at radius 2 is 1.96 bits per heavy atom. The van der Waals surface area contributed by atoms with Gasteiger partial charge in [0.05, 0.1) is 0 Å². The van der Waals surface area contributed by atoms with Crippen molar-refractivity contribution in [1.82, 2.24) is 5.32 Å². The largest absolute Gasteiger partial charge is 0.452 e. The first-order valence-corrected chi connectivity index (χ1v) is 9.11. The minimum atomic E-state index is -3.77. The molecule has 0 radical (unpaired) electrons. The molecule has 0 spiro atoms. The molecular weight excluding hydrogens is 338 g/mol. The van der Waals surface area contributed by atoms with Crippen LogP contribution in [0.4, 0.5) is 0 Å². The van der Waals surface area contributed by atoms with Crippen LogP contribution in [0.15, 0.2) is 12.2 Å². The number of carbonyl (C=O) groups is 2. The predicted molar refractivity (Wildman–Crippen MR) is 82.4 cm³/mol. The van der Waals surface area contributed by atoms with Crippen LogP contribution in [0.5, 0.6) is 0 Å². The molecule has 0 aromatic heterocycles. The lowest BCUT2D eigenvalue weighted by Gasteiger charge is -2.45. The summed E-state index contributed by atoms with van der Waals surface area (Å²) in [6.45, 7) is 9.56. The van der Waals surface area contributed by atoms with Gasteiger partial charge in [0.2, 0.25) is 5.91 Å². The van der Waals surface area contributed by atoms with Crippen LogP contribution >= 0.6 is 0 Å². The van der Waals surface area contributed by atoms with Crippen LogP contribution in [0.1, 0.15) is 34.1 Å². The highest BCUT2D eigenvalue weighted by molar-refractivity contribution is 7.87. The molecule has 24 heavy (non-hydrogen) atoms. The molecule has 3 aliphatic heterocycles. The molecule has 134 valence electrons. The second kappa shape index (κ2) is 4.80. The Kier molecular flexibility index (Phi) is 3.47. The summed E-state index contributed by atoms with van der Waals surface area (Å²) in [6.07, 6.45) is -0.493. The molecule has 0 aromatic carbocycles. The van der Waals surface area contributed by atoms with Crippen LogP contribution in [0, 0.1) is 0 Å². The monoisotopic (exact) mass is 359 g/mol. The minimum Gasteiger partial charge on any atom is -0.452 e. The number of hydrogen-bond donors (Lipinski definition) is 1. The van der Waals surface area contributed by atoms with Gasteiger partial charge in [0.1, 0.15) is 23.5 Å². The van der Waals surface area contributed by atoms with E-state index in [4.69, 9.17) is 13.7 Å². The maximum atomic E-state index is 12.2. The van der Waals surface area contributed by atoms with Crippen molar-refractivity contribution >= 4 is 22.0 Å². The third kappa shape index (κ3) is 2.01. The molecule has 5 unspecified atom stereocenters. The fourth-order valence-corrected chi connectivity index (χ4v) is 5.93. The molecule has 1 amide bonds. The number of ether oxygens (including phenoxy) is 2. The number of carbonyl (C=O) groups excluding carboxylic acids is 2. The van der Waals surface area contributed by atoms with E-state index < -0.39 is 50.2 Å². The Labute approximate surface area is 140 Å². The van der Waals surface area contributed by atoms with Crippen LogP contribution in [-0.4, -0.2) is 55.0 Å². The Balaban J connectivity index is 1.82. The second-order valence-electron chi connectivity index (χ2n) is 7.17. The minimum absolute atomic E-state index is 0.192. The lowest BCUT2D eigenvalue weighted by Crippen LogP contribution is -2.64. The van der Waals surface area contributed by atoms with Crippen molar-refractivity contribution in [3.05, 3.63) is 12.2 Å². The molecule has 5 atom stereocenters. The van der Waals surface area contributed by atoms with E-state index in [2.05, 4.69) is 11.9 Å². The van der Waals surface area contributed by atoms with Gasteiger partial charge < -0.3 is 14.8 Å². The molecule has 1 N–H and O–H groups in total. The van der Waals surface area contributed by atoms with Crippen molar-refractivity contribution in [2.75, 3.05) is 6.54 Å². The maximum Gasteiger partial charge on any atom is 0.326 e. The zero-order valence-electron chi connectivity index (χ0n) is 14.0. The highest BCUT2D eigenvalue weighted by Gasteiger charge is 2.83. The highest BCUT2D eigenvalue weighted by Crippen LogP contribution is 2.64. The third-order valence-electron chi connectivity index (χ3n) is 5.57. The molecule has 3 fully saturated rings. The summed E-state index contributed by atoms with van der Waals surface area (Å²) in [5.41, 5.74) is -3.30. The van der Waals surface area contributed by atoms with E-state index in [-0.39, 0.29) is 18.5 Å². The zero-order valence-corrected chi connectivity index (χ0v) is 14.9. The zero-order chi connectivity index (χ0) is 18.1. The summed E-state index contributed by atoms with van der Waals surface area (Å²) < 4.78 is 41.2. The van der Waals surface area contributed by atoms with Gasteiger partial charge in [0.15, 0.2) is 11.2 Å². The highest BCUT2D eigenvalue weighted by atomic mass is 32.2. The number of esters is 1. The van der Waals surface area contributed by atoms with Crippen molar-refractivity contribution in [2.45, 2.75) is 62.3 Å². The first-order valence-electron chi connectivity index (χ1n) is 7.64. The number of amides is 1. The molecule has 3 saturated heterocycles. The van der Waals surface area contributed by atoms with Crippen LogP contribution in [0.3, 0.4) is 0 Å². The van der Waals surface area contributed by atoms with Gasteiger partial charge in [-0.1, -0.05) is 6.58 Å². The fraction of sp³-hybridized carbons (Fsp3) is 0.733. The van der Waals surface area contributed by atoms with Crippen molar-refractivity contribution in [3.63, 3.8) is 0 Å². The molecule has 3 rings (SSSR count). The molecule has 0 aromatic rings. The average Bonchev–Trinajstić information content (AvgIpc) is 2.95. The van der Waals surface area contributed by atoms with Crippen molar-refractivity contribution in [2.24, 2.45) is 0 Å². The molecule has 0 saturated carbocycles. The number of fused-ring (bicyclic) bond motifs is 1. The Hall–Kier alpha value is -1.45. The SMILES string of the molecule is C=C(C)C(=O)NCC(=O)OC1(C)C2(C)CC3C(O2)C1(C)OS3(=O)=O. The second-order valence-corrected chi connectivity index (χ2v) is 8.92. The Morgan fingerprint density at radius 1 is 1.33 bits per heavy atom. The van der Waals surface area contributed by atoms with Gasteiger partial charge in [-0.05, 0) is 27.7 Å². The van der Waals surface area contributed by atoms with Crippen molar-refractivity contribution in [1.29, 1.82) is 0 Å². The van der Waals surface area contributed by atoms with Gasteiger partial charge >= 0.3 is 5.97 Å². The van der Waals surface area contributed by atoms with E-state index in [0.29, 0.717) is 0 Å². The topological polar surface area (TPSA) is 108 Å². The standard InChI is InChI=1S/C15H21NO7S/c1-8(2)12(18)16-7-10(17)21-15(5)13(3)6-9-11(22-13)14(15,4)23-24(9,19)20/h9,11H,1,6-7H2,2-5H3,(H,16,18). The van der Waals surface area contributed by atoms with Crippen molar-refractivity contribution < 1.29 is 31.7 Å². The van der Waals surface area contributed by atoms with Crippen LogP contribution in [-0.2, 0) is 33.4 Å².